The summed E-state index contributed by atoms with van der Waals surface area (Å²) in [5.41, 5.74) is 5.77. The zero-order chi connectivity index (χ0) is 7.14. The summed E-state index contributed by atoms with van der Waals surface area (Å²) in [7, 11) is 0. The first-order chi connectivity index (χ1) is 4.79. The van der Waals surface area contributed by atoms with Crippen molar-refractivity contribution in [2.24, 2.45) is 5.73 Å². The van der Waals surface area contributed by atoms with Crippen LogP contribution in [0.1, 0.15) is 12.8 Å². The summed E-state index contributed by atoms with van der Waals surface area (Å²) in [6.07, 6.45) is 2.16. The molecule has 0 radical (unpaired) electrons. The summed E-state index contributed by atoms with van der Waals surface area (Å²) in [5, 5.41) is 9.34. The van der Waals surface area contributed by atoms with Crippen molar-refractivity contribution < 1.29 is 5.11 Å². The van der Waals surface area contributed by atoms with Crippen molar-refractivity contribution in [1.29, 1.82) is 0 Å². The highest BCUT2D eigenvalue weighted by atomic mass is 16.3. The normalized spacial score (nSPS) is 48.0. The van der Waals surface area contributed by atoms with E-state index in [1.807, 2.05) is 0 Å². The molecule has 3 N–H and O–H groups in total. The molecule has 2 rings (SSSR count). The molecule has 2 aliphatic heterocycles. The zero-order valence-corrected chi connectivity index (χ0v) is 6.03. The van der Waals surface area contributed by atoms with E-state index in [0.29, 0.717) is 6.04 Å². The Labute approximate surface area is 60.8 Å². The Morgan fingerprint density at radius 2 is 2.30 bits per heavy atom. The number of nitrogens with two attached hydrogens (primary N) is 1. The summed E-state index contributed by atoms with van der Waals surface area (Å²) in [4.78, 5) is 2.30. The molecule has 0 bridgehead atoms. The summed E-state index contributed by atoms with van der Waals surface area (Å²) in [6.45, 7) is 1.93. The maximum absolute atomic E-state index is 9.34. The molecular formula is C7H14N2O. The van der Waals surface area contributed by atoms with Crippen LogP contribution in [-0.4, -0.2) is 41.3 Å². The Kier molecular flexibility index (Phi) is 1.44. The molecule has 3 atom stereocenters. The highest BCUT2D eigenvalue weighted by Crippen LogP contribution is 2.26. The number of aliphatic hydroxyl groups excluding tert-OH is 1. The van der Waals surface area contributed by atoms with Gasteiger partial charge in [0.2, 0.25) is 0 Å². The largest absolute Gasteiger partial charge is 0.390 e. The number of nitrogens with zero attached hydrogens (tertiary/aromatic N) is 1. The third kappa shape index (κ3) is 0.779. The summed E-state index contributed by atoms with van der Waals surface area (Å²) < 4.78 is 0. The first-order valence-corrected chi connectivity index (χ1v) is 3.97. The van der Waals surface area contributed by atoms with Crippen LogP contribution in [0, 0.1) is 0 Å². The van der Waals surface area contributed by atoms with Gasteiger partial charge in [0.1, 0.15) is 0 Å². The van der Waals surface area contributed by atoms with E-state index in [2.05, 4.69) is 4.90 Å². The Hall–Kier alpha value is -0.120. The molecule has 2 heterocycles. The van der Waals surface area contributed by atoms with Gasteiger partial charge >= 0.3 is 0 Å². The maximum Gasteiger partial charge on any atom is 0.0833 e. The molecule has 0 aromatic rings. The van der Waals surface area contributed by atoms with Crippen LogP contribution >= 0.6 is 0 Å². The van der Waals surface area contributed by atoms with E-state index in [-0.39, 0.29) is 12.1 Å². The number of hydrogen-bond donors (Lipinski definition) is 2. The lowest BCUT2D eigenvalue weighted by atomic mass is 10.1. The van der Waals surface area contributed by atoms with Gasteiger partial charge < -0.3 is 10.8 Å². The maximum atomic E-state index is 9.34. The second-order valence-electron chi connectivity index (χ2n) is 3.35. The molecule has 1 unspecified atom stereocenters. The van der Waals surface area contributed by atoms with Gasteiger partial charge in [0.05, 0.1) is 6.10 Å². The van der Waals surface area contributed by atoms with Crippen molar-refractivity contribution in [2.45, 2.75) is 31.0 Å². The summed E-state index contributed by atoms with van der Waals surface area (Å²) in [5.74, 6) is 0. The quantitative estimate of drug-likeness (QED) is 0.463. The molecule has 0 amide bonds. The molecule has 58 valence electrons. The molecule has 2 aliphatic rings. The van der Waals surface area contributed by atoms with Gasteiger partial charge in [0, 0.05) is 18.6 Å². The highest BCUT2D eigenvalue weighted by molar-refractivity contribution is 4.99. The fourth-order valence-electron chi connectivity index (χ4n) is 2.13. The lowest BCUT2D eigenvalue weighted by Crippen LogP contribution is -2.39. The third-order valence-electron chi connectivity index (χ3n) is 2.72. The van der Waals surface area contributed by atoms with E-state index < -0.39 is 0 Å². The molecule has 0 aromatic carbocycles. The second kappa shape index (κ2) is 2.19. The van der Waals surface area contributed by atoms with Gasteiger partial charge in [0.15, 0.2) is 0 Å². The van der Waals surface area contributed by atoms with Crippen LogP contribution in [0.4, 0.5) is 0 Å². The number of aliphatic hydroxyl groups is 1. The molecule has 0 spiro atoms. The van der Waals surface area contributed by atoms with Gasteiger partial charge in [0.25, 0.3) is 0 Å². The van der Waals surface area contributed by atoms with Crippen LogP contribution in [0.15, 0.2) is 0 Å². The first kappa shape index (κ1) is 6.58. The van der Waals surface area contributed by atoms with Crippen molar-refractivity contribution in [3.63, 3.8) is 0 Å². The van der Waals surface area contributed by atoms with Crippen LogP contribution < -0.4 is 5.73 Å². The molecule has 3 heteroatoms. The molecule has 2 saturated heterocycles. The fraction of sp³-hybridized carbons (Fsp3) is 1.00. The van der Waals surface area contributed by atoms with Gasteiger partial charge in [-0.25, -0.2) is 0 Å². The molecular weight excluding hydrogens is 128 g/mol. The van der Waals surface area contributed by atoms with Crippen molar-refractivity contribution >= 4 is 0 Å². The Balaban J connectivity index is 2.09. The Morgan fingerprint density at radius 1 is 1.50 bits per heavy atom. The van der Waals surface area contributed by atoms with Crippen LogP contribution in [-0.2, 0) is 0 Å². The predicted octanol–water partition coefficient (Wildman–Crippen LogP) is -0.847. The van der Waals surface area contributed by atoms with Crippen molar-refractivity contribution in [3.05, 3.63) is 0 Å². The van der Waals surface area contributed by atoms with E-state index in [0.717, 1.165) is 13.1 Å². The lowest BCUT2D eigenvalue weighted by Gasteiger charge is -2.15. The average Bonchev–Trinajstić information content (AvgIpc) is 2.41. The molecule has 10 heavy (non-hydrogen) atoms. The first-order valence-electron chi connectivity index (χ1n) is 3.97. The standard InChI is InChI=1S/C7H14N2O/c8-7-5-2-1-3-9(5)4-6(7)10/h5-7,10H,1-4,8H2/t5?,6-,7-/m1/s1. The molecule has 3 nitrogen and oxygen atoms in total. The molecule has 0 saturated carbocycles. The van der Waals surface area contributed by atoms with Crippen LogP contribution in [0.3, 0.4) is 0 Å². The van der Waals surface area contributed by atoms with Crippen molar-refractivity contribution in [1.82, 2.24) is 4.90 Å². The smallest absolute Gasteiger partial charge is 0.0833 e. The summed E-state index contributed by atoms with van der Waals surface area (Å²) >= 11 is 0. The Bertz CT molecular complexity index is 138. The lowest BCUT2D eigenvalue weighted by molar-refractivity contribution is 0.164. The van der Waals surface area contributed by atoms with E-state index >= 15 is 0 Å². The van der Waals surface area contributed by atoms with Crippen LogP contribution in [0.2, 0.25) is 0 Å². The molecule has 0 aromatic heterocycles. The van der Waals surface area contributed by atoms with Crippen LogP contribution in [0.5, 0.6) is 0 Å². The minimum atomic E-state index is -0.273. The SMILES string of the molecule is N[C@@H]1C2CCCN2C[C@H]1O. The van der Waals surface area contributed by atoms with Gasteiger partial charge in [-0.1, -0.05) is 0 Å². The van der Waals surface area contributed by atoms with Crippen molar-refractivity contribution in [3.8, 4) is 0 Å². The second-order valence-corrected chi connectivity index (χ2v) is 3.35. The van der Waals surface area contributed by atoms with E-state index in [9.17, 15) is 5.11 Å². The number of fused-ring (bicyclic) bond motifs is 1. The average molecular weight is 142 g/mol. The molecule has 0 aliphatic carbocycles. The molecule has 2 fully saturated rings. The van der Waals surface area contributed by atoms with Gasteiger partial charge in [-0.05, 0) is 19.4 Å². The predicted molar refractivity (Wildman–Crippen MR) is 38.6 cm³/mol. The Morgan fingerprint density at radius 3 is 3.00 bits per heavy atom. The van der Waals surface area contributed by atoms with Crippen molar-refractivity contribution in [2.75, 3.05) is 13.1 Å². The van der Waals surface area contributed by atoms with Gasteiger partial charge in [-0.2, -0.15) is 0 Å². The van der Waals surface area contributed by atoms with E-state index in [4.69, 9.17) is 5.73 Å². The number of rotatable bonds is 0. The minimum absolute atomic E-state index is 0.0162. The number of hydrogen-bond acceptors (Lipinski definition) is 3. The minimum Gasteiger partial charge on any atom is -0.390 e. The third-order valence-corrected chi connectivity index (χ3v) is 2.72. The van der Waals surface area contributed by atoms with Gasteiger partial charge in [-0.15, -0.1) is 0 Å². The van der Waals surface area contributed by atoms with Gasteiger partial charge in [-0.3, -0.25) is 4.90 Å². The fourth-order valence-corrected chi connectivity index (χ4v) is 2.13. The topological polar surface area (TPSA) is 49.5 Å². The monoisotopic (exact) mass is 142 g/mol. The van der Waals surface area contributed by atoms with E-state index in [1.54, 1.807) is 0 Å². The van der Waals surface area contributed by atoms with E-state index in [1.165, 1.54) is 12.8 Å². The highest BCUT2D eigenvalue weighted by Gasteiger charge is 2.40. The van der Waals surface area contributed by atoms with Crippen LogP contribution in [0.25, 0.3) is 0 Å². The zero-order valence-electron chi connectivity index (χ0n) is 6.03. The summed E-state index contributed by atoms with van der Waals surface area (Å²) in [6, 6.07) is 0.498.